The third-order valence-electron chi connectivity index (χ3n) is 3.59. The molecule has 3 heteroatoms. The molecular formula is C20H20FNO. The van der Waals surface area contributed by atoms with Gasteiger partial charge in [0.25, 0.3) is 5.91 Å². The van der Waals surface area contributed by atoms with E-state index in [1.54, 1.807) is 13.0 Å². The fourth-order valence-electron chi connectivity index (χ4n) is 2.26. The van der Waals surface area contributed by atoms with Crippen LogP contribution in [0.3, 0.4) is 0 Å². The Labute approximate surface area is 136 Å². The largest absolute Gasteiger partial charge is 0.348 e. The Morgan fingerprint density at radius 1 is 1.00 bits per heavy atom. The van der Waals surface area contributed by atoms with Crippen LogP contribution in [0.2, 0.25) is 0 Å². The summed E-state index contributed by atoms with van der Waals surface area (Å²) < 4.78 is 13.4. The maximum absolute atomic E-state index is 13.4. The zero-order valence-corrected chi connectivity index (χ0v) is 13.4. The molecule has 0 radical (unpaired) electrons. The summed E-state index contributed by atoms with van der Waals surface area (Å²) in [5.74, 6) is -0.752. The van der Waals surface area contributed by atoms with Crippen molar-refractivity contribution in [3.05, 3.63) is 83.7 Å². The second kappa shape index (κ2) is 7.05. The lowest BCUT2D eigenvalue weighted by Gasteiger charge is -2.11. The maximum Gasteiger partial charge on any atom is 0.252 e. The molecule has 2 nitrogen and oxygen atoms in total. The molecule has 118 valence electrons. The van der Waals surface area contributed by atoms with Gasteiger partial charge in [-0.15, -0.1) is 0 Å². The first-order valence-corrected chi connectivity index (χ1v) is 7.37. The Kier molecular flexibility index (Phi) is 5.12. The van der Waals surface area contributed by atoms with Gasteiger partial charge in [0.2, 0.25) is 0 Å². The Bertz CT molecular complexity index is 760. The normalized spacial score (nSPS) is 10.2. The van der Waals surface area contributed by atoms with Crippen LogP contribution in [0, 0.1) is 5.82 Å². The number of carbonyl (C=O) groups is 1. The third kappa shape index (κ3) is 4.16. The molecule has 0 fully saturated rings. The smallest absolute Gasteiger partial charge is 0.252 e. The minimum atomic E-state index is -0.439. The number of benzene rings is 2. The van der Waals surface area contributed by atoms with Gasteiger partial charge in [0.15, 0.2) is 0 Å². The van der Waals surface area contributed by atoms with Gasteiger partial charge in [-0.2, -0.15) is 0 Å². The van der Waals surface area contributed by atoms with Gasteiger partial charge in [-0.3, -0.25) is 4.79 Å². The van der Waals surface area contributed by atoms with Crippen molar-refractivity contribution in [1.29, 1.82) is 0 Å². The van der Waals surface area contributed by atoms with E-state index in [1.165, 1.54) is 12.1 Å². The molecule has 23 heavy (non-hydrogen) atoms. The molecule has 1 amide bonds. The second-order valence-electron chi connectivity index (χ2n) is 5.63. The minimum absolute atomic E-state index is 0.302. The first-order valence-electron chi connectivity index (χ1n) is 7.37. The van der Waals surface area contributed by atoms with Crippen molar-refractivity contribution in [2.24, 2.45) is 0 Å². The highest BCUT2D eigenvalue weighted by molar-refractivity contribution is 5.98. The Balaban J connectivity index is 2.12. The van der Waals surface area contributed by atoms with E-state index >= 15 is 0 Å². The molecule has 0 saturated carbocycles. The van der Waals surface area contributed by atoms with E-state index in [0.717, 1.165) is 22.3 Å². The summed E-state index contributed by atoms with van der Waals surface area (Å²) in [6, 6.07) is 12.0. The first kappa shape index (κ1) is 16.7. The standard InChI is InChI=1S/C20H20FNO/c1-13(2)16-7-5-15(6-8-16)12-22-20(23)19-11-17(21)9-10-18(19)14(3)4/h5-11H,1,3,12H2,2,4H3,(H,22,23). The number of carbonyl (C=O) groups excluding carboxylic acids is 1. The number of amides is 1. The van der Waals surface area contributed by atoms with Crippen LogP contribution in [0.4, 0.5) is 4.39 Å². The number of hydrogen-bond acceptors (Lipinski definition) is 1. The average molecular weight is 309 g/mol. The van der Waals surface area contributed by atoms with Crippen molar-refractivity contribution in [1.82, 2.24) is 5.32 Å². The van der Waals surface area contributed by atoms with Gasteiger partial charge < -0.3 is 5.32 Å². The summed E-state index contributed by atoms with van der Waals surface area (Å²) in [4.78, 5) is 12.3. The summed E-state index contributed by atoms with van der Waals surface area (Å²) in [5.41, 5.74) is 4.70. The molecular weight excluding hydrogens is 289 g/mol. The van der Waals surface area contributed by atoms with Crippen molar-refractivity contribution in [3.63, 3.8) is 0 Å². The number of hydrogen-bond donors (Lipinski definition) is 1. The molecule has 0 bridgehead atoms. The molecule has 0 aromatic heterocycles. The van der Waals surface area contributed by atoms with Gasteiger partial charge in [0.05, 0.1) is 0 Å². The fourth-order valence-corrected chi connectivity index (χ4v) is 2.26. The molecule has 0 aliphatic heterocycles. The zero-order valence-electron chi connectivity index (χ0n) is 13.4. The summed E-state index contributed by atoms with van der Waals surface area (Å²) in [6.07, 6.45) is 0. The van der Waals surface area contributed by atoms with E-state index < -0.39 is 5.82 Å². The third-order valence-corrected chi connectivity index (χ3v) is 3.59. The van der Waals surface area contributed by atoms with Crippen molar-refractivity contribution in [2.75, 3.05) is 0 Å². The van der Waals surface area contributed by atoms with Crippen molar-refractivity contribution < 1.29 is 9.18 Å². The molecule has 0 heterocycles. The average Bonchev–Trinajstić information content (AvgIpc) is 2.52. The highest BCUT2D eigenvalue weighted by atomic mass is 19.1. The van der Waals surface area contributed by atoms with Gasteiger partial charge in [0, 0.05) is 12.1 Å². The SMILES string of the molecule is C=C(C)c1ccc(CNC(=O)c2cc(F)ccc2C(=C)C)cc1. The van der Waals surface area contributed by atoms with Gasteiger partial charge in [-0.25, -0.2) is 4.39 Å². The molecule has 0 aliphatic rings. The molecule has 2 aromatic rings. The van der Waals surface area contributed by atoms with Gasteiger partial charge in [-0.1, -0.05) is 54.6 Å². The molecule has 0 unspecified atom stereocenters. The summed E-state index contributed by atoms with van der Waals surface area (Å²) in [6.45, 7) is 11.8. The summed E-state index contributed by atoms with van der Waals surface area (Å²) in [5, 5.41) is 2.82. The molecule has 0 spiro atoms. The molecule has 2 aromatic carbocycles. The van der Waals surface area contributed by atoms with Crippen LogP contribution in [-0.4, -0.2) is 5.91 Å². The lowest BCUT2D eigenvalue weighted by atomic mass is 10.0. The highest BCUT2D eigenvalue weighted by Gasteiger charge is 2.13. The van der Waals surface area contributed by atoms with E-state index in [4.69, 9.17) is 0 Å². The maximum atomic E-state index is 13.4. The number of allylic oxidation sites excluding steroid dienone is 2. The summed E-state index contributed by atoms with van der Waals surface area (Å²) >= 11 is 0. The van der Waals surface area contributed by atoms with E-state index in [0.29, 0.717) is 17.7 Å². The molecule has 1 N–H and O–H groups in total. The molecule has 0 saturated heterocycles. The van der Waals surface area contributed by atoms with Crippen molar-refractivity contribution in [3.8, 4) is 0 Å². The van der Waals surface area contributed by atoms with E-state index in [1.807, 2.05) is 31.2 Å². The van der Waals surface area contributed by atoms with Crippen molar-refractivity contribution in [2.45, 2.75) is 20.4 Å². The van der Waals surface area contributed by atoms with Crippen molar-refractivity contribution >= 4 is 17.1 Å². The van der Waals surface area contributed by atoms with Crippen LogP contribution >= 0.6 is 0 Å². The molecule has 2 rings (SSSR count). The van der Waals surface area contributed by atoms with E-state index in [9.17, 15) is 9.18 Å². The van der Waals surface area contributed by atoms with Gasteiger partial charge in [-0.05, 0) is 42.7 Å². The van der Waals surface area contributed by atoms with E-state index in [-0.39, 0.29) is 5.91 Å². The van der Waals surface area contributed by atoms with Crippen LogP contribution in [0.25, 0.3) is 11.1 Å². The molecule has 0 atom stereocenters. The van der Waals surface area contributed by atoms with E-state index in [2.05, 4.69) is 18.5 Å². The molecule has 0 aliphatic carbocycles. The predicted molar refractivity (Wildman–Crippen MR) is 93.4 cm³/mol. The predicted octanol–water partition coefficient (Wildman–Crippen LogP) is 4.82. The zero-order chi connectivity index (χ0) is 17.0. The summed E-state index contributed by atoms with van der Waals surface area (Å²) in [7, 11) is 0. The van der Waals surface area contributed by atoms with Gasteiger partial charge >= 0.3 is 0 Å². The first-order chi connectivity index (χ1) is 10.9. The van der Waals surface area contributed by atoms with Crippen LogP contribution in [0.5, 0.6) is 0 Å². The van der Waals surface area contributed by atoms with Crippen LogP contribution < -0.4 is 5.32 Å². The lowest BCUT2D eigenvalue weighted by Crippen LogP contribution is -2.24. The van der Waals surface area contributed by atoms with Crippen LogP contribution in [0.1, 0.15) is 40.9 Å². The Morgan fingerprint density at radius 2 is 1.65 bits per heavy atom. The fraction of sp³-hybridized carbons (Fsp3) is 0.150. The minimum Gasteiger partial charge on any atom is -0.348 e. The lowest BCUT2D eigenvalue weighted by molar-refractivity contribution is 0.0950. The Morgan fingerprint density at radius 3 is 2.22 bits per heavy atom. The topological polar surface area (TPSA) is 29.1 Å². The second-order valence-corrected chi connectivity index (χ2v) is 5.63. The number of rotatable bonds is 5. The van der Waals surface area contributed by atoms with Crippen LogP contribution in [-0.2, 0) is 6.54 Å². The Hall–Kier alpha value is -2.68. The number of halogens is 1. The van der Waals surface area contributed by atoms with Gasteiger partial charge in [0.1, 0.15) is 5.82 Å². The van der Waals surface area contributed by atoms with Crippen LogP contribution in [0.15, 0.2) is 55.6 Å². The number of nitrogens with one attached hydrogen (secondary N) is 1. The monoisotopic (exact) mass is 309 g/mol. The highest BCUT2D eigenvalue weighted by Crippen LogP contribution is 2.19. The quantitative estimate of drug-likeness (QED) is 0.842.